The number of carbonyl (C=O) groups excluding carboxylic acids is 1. The number of likely N-dealkylation sites (tertiary alicyclic amines) is 1. The molecule has 0 aliphatic carbocycles. The van der Waals surface area contributed by atoms with Crippen molar-refractivity contribution < 1.29 is 9.53 Å². The normalized spacial score (nSPS) is 15.4. The summed E-state index contributed by atoms with van der Waals surface area (Å²) >= 11 is 12.1. The third-order valence-electron chi connectivity index (χ3n) is 5.31. The fourth-order valence-corrected chi connectivity index (χ4v) is 3.95. The van der Waals surface area contributed by atoms with Gasteiger partial charge in [0.15, 0.2) is 0 Å². The molecule has 1 atom stereocenters. The first-order valence-electron chi connectivity index (χ1n) is 9.54. The molecule has 6 heteroatoms. The first kappa shape index (κ1) is 21.0. The number of rotatable bonds is 7. The Labute approximate surface area is 177 Å². The van der Waals surface area contributed by atoms with Crippen molar-refractivity contribution in [2.75, 3.05) is 33.8 Å². The maximum Gasteiger partial charge on any atom is 0.227 e. The van der Waals surface area contributed by atoms with Crippen molar-refractivity contribution in [2.24, 2.45) is 0 Å². The van der Waals surface area contributed by atoms with E-state index in [1.165, 1.54) is 12.8 Å². The quantitative estimate of drug-likeness (QED) is 0.642. The number of benzene rings is 2. The topological polar surface area (TPSA) is 32.8 Å². The third kappa shape index (κ3) is 5.19. The van der Waals surface area contributed by atoms with Gasteiger partial charge < -0.3 is 14.5 Å². The number of nitrogens with zero attached hydrogens (tertiary/aromatic N) is 2. The fraction of sp³-hybridized carbons (Fsp3) is 0.409. The van der Waals surface area contributed by atoms with E-state index in [2.05, 4.69) is 11.0 Å². The van der Waals surface area contributed by atoms with Gasteiger partial charge in [0.05, 0.1) is 29.6 Å². The summed E-state index contributed by atoms with van der Waals surface area (Å²) in [6, 6.07) is 13.3. The zero-order valence-corrected chi connectivity index (χ0v) is 17.8. The highest BCUT2D eigenvalue weighted by atomic mass is 35.5. The van der Waals surface area contributed by atoms with E-state index >= 15 is 0 Å². The van der Waals surface area contributed by atoms with Gasteiger partial charge in [-0.05, 0) is 61.3 Å². The molecule has 1 fully saturated rings. The second-order valence-electron chi connectivity index (χ2n) is 7.23. The molecule has 28 heavy (non-hydrogen) atoms. The number of carbonyl (C=O) groups is 1. The zero-order valence-electron chi connectivity index (χ0n) is 16.3. The number of likely N-dealkylation sites (N-methyl/N-ethyl adjacent to an activating group) is 1. The van der Waals surface area contributed by atoms with Gasteiger partial charge in [-0.15, -0.1) is 0 Å². The van der Waals surface area contributed by atoms with Gasteiger partial charge in [-0.3, -0.25) is 4.79 Å². The smallest absolute Gasteiger partial charge is 0.227 e. The number of hydrogen-bond acceptors (Lipinski definition) is 3. The minimum absolute atomic E-state index is 0.0385. The lowest BCUT2D eigenvalue weighted by molar-refractivity contribution is -0.131. The first-order chi connectivity index (χ1) is 13.5. The molecule has 1 aliphatic rings. The molecule has 0 aromatic heterocycles. The highest BCUT2D eigenvalue weighted by Gasteiger charge is 2.26. The van der Waals surface area contributed by atoms with Crippen molar-refractivity contribution in [3.8, 4) is 5.75 Å². The number of hydrogen-bond donors (Lipinski definition) is 0. The molecule has 3 rings (SSSR count). The predicted molar refractivity (Wildman–Crippen MR) is 114 cm³/mol. The minimum Gasteiger partial charge on any atom is -0.497 e. The van der Waals surface area contributed by atoms with Crippen molar-refractivity contribution in [3.63, 3.8) is 0 Å². The maximum absolute atomic E-state index is 13.1. The Morgan fingerprint density at radius 3 is 2.57 bits per heavy atom. The lowest BCUT2D eigenvalue weighted by Gasteiger charge is -2.32. The summed E-state index contributed by atoms with van der Waals surface area (Å²) in [6.45, 7) is 2.97. The van der Waals surface area contributed by atoms with Crippen LogP contribution in [0.5, 0.6) is 5.75 Å². The fourth-order valence-electron chi connectivity index (χ4n) is 3.63. The number of amides is 1. The Morgan fingerprint density at radius 1 is 1.14 bits per heavy atom. The average molecular weight is 421 g/mol. The first-order valence-corrected chi connectivity index (χ1v) is 10.3. The molecule has 1 unspecified atom stereocenters. The Bertz CT molecular complexity index is 822. The molecule has 0 bridgehead atoms. The van der Waals surface area contributed by atoms with E-state index < -0.39 is 0 Å². The van der Waals surface area contributed by atoms with Gasteiger partial charge in [0.25, 0.3) is 0 Å². The average Bonchev–Trinajstić information content (AvgIpc) is 3.21. The molecule has 2 aromatic rings. The summed E-state index contributed by atoms with van der Waals surface area (Å²) in [5, 5.41) is 0.963. The van der Waals surface area contributed by atoms with E-state index in [-0.39, 0.29) is 18.4 Å². The van der Waals surface area contributed by atoms with Crippen LogP contribution in [0, 0.1) is 0 Å². The molecule has 1 amide bonds. The van der Waals surface area contributed by atoms with E-state index in [0.717, 1.165) is 36.5 Å². The molecular formula is C22H26Cl2N2O2. The third-order valence-corrected chi connectivity index (χ3v) is 6.05. The van der Waals surface area contributed by atoms with Crippen LogP contribution in [0.3, 0.4) is 0 Å². The van der Waals surface area contributed by atoms with Gasteiger partial charge in [0, 0.05) is 13.6 Å². The van der Waals surface area contributed by atoms with Crippen LogP contribution in [-0.4, -0.2) is 49.5 Å². The van der Waals surface area contributed by atoms with Crippen LogP contribution in [0.1, 0.15) is 30.0 Å². The van der Waals surface area contributed by atoms with Gasteiger partial charge in [0.1, 0.15) is 5.75 Å². The second-order valence-corrected chi connectivity index (χ2v) is 8.04. The summed E-state index contributed by atoms with van der Waals surface area (Å²) < 4.78 is 5.39. The van der Waals surface area contributed by atoms with E-state index in [9.17, 15) is 4.79 Å². The molecule has 150 valence electrons. The monoisotopic (exact) mass is 420 g/mol. The lowest BCUT2D eigenvalue weighted by atomic mass is 10.0. The second kappa shape index (κ2) is 9.64. The summed E-state index contributed by atoms with van der Waals surface area (Å²) in [6.07, 6.45) is 2.71. The van der Waals surface area contributed by atoms with Crippen LogP contribution in [0.4, 0.5) is 0 Å². The summed E-state index contributed by atoms with van der Waals surface area (Å²) in [5.74, 6) is 0.847. The van der Waals surface area contributed by atoms with Crippen molar-refractivity contribution in [2.45, 2.75) is 25.3 Å². The molecule has 2 aromatic carbocycles. The molecule has 1 saturated heterocycles. The van der Waals surface area contributed by atoms with Crippen LogP contribution in [0.25, 0.3) is 0 Å². The van der Waals surface area contributed by atoms with Gasteiger partial charge in [0.2, 0.25) is 5.91 Å². The maximum atomic E-state index is 13.1. The van der Waals surface area contributed by atoms with Crippen molar-refractivity contribution in [1.29, 1.82) is 0 Å². The van der Waals surface area contributed by atoms with E-state index in [1.807, 2.05) is 36.2 Å². The van der Waals surface area contributed by atoms with Crippen molar-refractivity contribution >= 4 is 29.1 Å². The van der Waals surface area contributed by atoms with Crippen LogP contribution in [0.2, 0.25) is 10.0 Å². The van der Waals surface area contributed by atoms with Gasteiger partial charge >= 0.3 is 0 Å². The Balaban J connectivity index is 1.80. The van der Waals surface area contributed by atoms with Crippen LogP contribution < -0.4 is 4.74 Å². The molecule has 0 N–H and O–H groups in total. The van der Waals surface area contributed by atoms with Crippen LogP contribution >= 0.6 is 23.2 Å². The summed E-state index contributed by atoms with van der Waals surface area (Å²) in [5.41, 5.74) is 1.94. The molecule has 4 nitrogen and oxygen atoms in total. The highest BCUT2D eigenvalue weighted by molar-refractivity contribution is 6.42. The van der Waals surface area contributed by atoms with Gasteiger partial charge in [-0.25, -0.2) is 0 Å². The van der Waals surface area contributed by atoms with Gasteiger partial charge in [-0.1, -0.05) is 41.4 Å². The standard InChI is InChI=1S/C22H26Cl2N2O2/c1-25(22(27)13-16-8-9-19(23)20(24)12-16)21(15-26-10-3-4-11-26)17-6-5-7-18(14-17)28-2/h5-9,12,14,21H,3-4,10-11,13,15H2,1-2H3. The Hall–Kier alpha value is -1.75. The van der Waals surface area contributed by atoms with Crippen LogP contribution in [0.15, 0.2) is 42.5 Å². The van der Waals surface area contributed by atoms with Crippen molar-refractivity contribution in [3.05, 3.63) is 63.6 Å². The number of methoxy groups -OCH3 is 1. The molecule has 0 spiro atoms. The Kier molecular flexibility index (Phi) is 7.22. The van der Waals surface area contributed by atoms with Gasteiger partial charge in [-0.2, -0.15) is 0 Å². The highest BCUT2D eigenvalue weighted by Crippen LogP contribution is 2.27. The minimum atomic E-state index is -0.0385. The number of halogens is 2. The van der Waals surface area contributed by atoms with E-state index in [0.29, 0.717) is 10.0 Å². The largest absolute Gasteiger partial charge is 0.497 e. The molecule has 1 heterocycles. The summed E-state index contributed by atoms with van der Waals surface area (Å²) in [4.78, 5) is 17.3. The SMILES string of the molecule is COc1cccc(C(CN2CCCC2)N(C)C(=O)Cc2ccc(Cl)c(Cl)c2)c1. The van der Waals surface area contributed by atoms with E-state index in [4.69, 9.17) is 27.9 Å². The summed E-state index contributed by atoms with van der Waals surface area (Å²) in [7, 11) is 3.54. The Morgan fingerprint density at radius 2 is 1.89 bits per heavy atom. The van der Waals surface area contributed by atoms with E-state index in [1.54, 1.807) is 19.2 Å². The molecular weight excluding hydrogens is 395 g/mol. The van der Waals surface area contributed by atoms with Crippen LogP contribution in [-0.2, 0) is 11.2 Å². The lowest BCUT2D eigenvalue weighted by Crippen LogP contribution is -2.39. The zero-order chi connectivity index (χ0) is 20.1. The molecule has 1 aliphatic heterocycles. The molecule has 0 radical (unpaired) electrons. The molecule has 0 saturated carbocycles. The van der Waals surface area contributed by atoms with Crippen molar-refractivity contribution in [1.82, 2.24) is 9.80 Å². The predicted octanol–water partition coefficient (Wildman–Crippen LogP) is 4.84. The number of ether oxygens (including phenoxy) is 1.